The Morgan fingerprint density at radius 1 is 0.515 bits per heavy atom. The van der Waals surface area contributed by atoms with Crippen LogP contribution in [0.1, 0.15) is 207 Å². The minimum absolute atomic E-state index is 0.116. The molecule has 15 nitrogen and oxygen atoms in total. The van der Waals surface area contributed by atoms with Crippen molar-refractivity contribution in [2.75, 3.05) is 26.4 Å². The van der Waals surface area contributed by atoms with E-state index in [9.17, 15) is 38.9 Å². The van der Waals surface area contributed by atoms with Gasteiger partial charge >= 0.3 is 27.6 Å². The normalized spacial score (nSPS) is 15.6. The largest absolute Gasteiger partial charge is 0.472 e. The SMILES string of the molecule is CCCCC[C@@H](O)/C=C/C=C\C/C=C\C=C\[C@@H](O)CCCC(=O)O[C@H](COC(=O)CCCCCCCCCCCCCCCCCCCCC(C)CC)COP(=O)(O)OC[C@@H](O)COP(=O)(O)O. The monoisotopic (exact) mass is 1010 g/mol. The van der Waals surface area contributed by atoms with Crippen LogP contribution in [0.3, 0.4) is 0 Å². The van der Waals surface area contributed by atoms with Gasteiger partial charge in [0.1, 0.15) is 12.7 Å². The van der Waals surface area contributed by atoms with Gasteiger partial charge in [-0.15, -0.1) is 0 Å². The zero-order chi connectivity index (χ0) is 50.6. The fourth-order valence-corrected chi connectivity index (χ4v) is 8.22. The summed E-state index contributed by atoms with van der Waals surface area (Å²) in [5, 5.41) is 30.0. The highest BCUT2D eigenvalue weighted by Gasteiger charge is 2.28. The third-order valence-electron chi connectivity index (χ3n) is 11.5. The van der Waals surface area contributed by atoms with E-state index in [1.54, 1.807) is 24.3 Å². The molecule has 0 saturated heterocycles. The zero-order valence-corrected chi connectivity index (χ0v) is 43.9. The first-order valence-corrected chi connectivity index (χ1v) is 29.0. The molecule has 0 spiro atoms. The molecule has 0 aliphatic rings. The second kappa shape index (κ2) is 44.9. The topological polar surface area (TPSA) is 236 Å². The number of carbonyl (C=O) groups excluding carboxylic acids is 2. The Morgan fingerprint density at radius 2 is 0.956 bits per heavy atom. The van der Waals surface area contributed by atoms with Gasteiger partial charge in [-0.25, -0.2) is 9.13 Å². The van der Waals surface area contributed by atoms with Crippen molar-refractivity contribution < 1.29 is 71.8 Å². The van der Waals surface area contributed by atoms with Crippen molar-refractivity contribution in [3.8, 4) is 0 Å². The molecule has 0 radical (unpaired) electrons. The summed E-state index contributed by atoms with van der Waals surface area (Å²) >= 11 is 0. The lowest BCUT2D eigenvalue weighted by atomic mass is 9.99. The minimum Gasteiger partial charge on any atom is -0.462 e. The number of aliphatic hydroxyl groups is 3. The van der Waals surface area contributed by atoms with Crippen LogP contribution < -0.4 is 0 Å². The molecule has 2 unspecified atom stereocenters. The summed E-state index contributed by atoms with van der Waals surface area (Å²) in [5.74, 6) is -0.376. The van der Waals surface area contributed by atoms with E-state index in [4.69, 9.17) is 23.8 Å². The van der Waals surface area contributed by atoms with Crippen molar-refractivity contribution in [2.24, 2.45) is 5.92 Å². The van der Waals surface area contributed by atoms with Gasteiger partial charge in [-0.1, -0.05) is 211 Å². The molecule has 0 aromatic rings. The number of hydrogen-bond donors (Lipinski definition) is 6. The highest BCUT2D eigenvalue weighted by atomic mass is 31.2. The first kappa shape index (κ1) is 66.0. The predicted octanol–water partition coefficient (Wildman–Crippen LogP) is 12.0. The lowest BCUT2D eigenvalue weighted by Gasteiger charge is -2.20. The molecule has 0 aromatic heterocycles. The van der Waals surface area contributed by atoms with E-state index in [-0.39, 0.29) is 25.7 Å². The first-order valence-electron chi connectivity index (χ1n) is 25.9. The van der Waals surface area contributed by atoms with E-state index >= 15 is 0 Å². The quantitative estimate of drug-likeness (QED) is 0.0144. The number of aliphatic hydroxyl groups excluding tert-OH is 3. The Bertz CT molecular complexity index is 1430. The molecule has 6 N–H and O–H groups in total. The van der Waals surface area contributed by atoms with Gasteiger partial charge in [0.2, 0.25) is 0 Å². The van der Waals surface area contributed by atoms with Crippen molar-refractivity contribution in [3.63, 3.8) is 0 Å². The van der Waals surface area contributed by atoms with Crippen LogP contribution in [0.15, 0.2) is 48.6 Å². The van der Waals surface area contributed by atoms with Gasteiger partial charge in [0.25, 0.3) is 0 Å². The standard InChI is InChI=1S/C51H94O15P2/c1-4-6-28-35-46(52)36-30-25-21-19-22-26-31-37-47(53)38-33-40-51(56)66-49(44-65-68(60,61)64-42-48(54)41-63-67(57,58)59)43-62-50(55)39-32-27-23-18-16-14-12-10-8-7-9-11-13-15-17-20-24-29-34-45(3)5-2/h21-22,25-26,30-31,36-37,45-49,52-54H,4-20,23-24,27-29,32-35,38-44H2,1-3H3,(H,60,61)(H2,57,58,59)/b25-21-,26-22-,36-30+,37-31+/t45?,46-,47-,48+,49-/m1/s1. The average molecular weight is 1010 g/mol. The highest BCUT2D eigenvalue weighted by Crippen LogP contribution is 2.44. The minimum atomic E-state index is -4.90. The second-order valence-electron chi connectivity index (χ2n) is 18.1. The van der Waals surface area contributed by atoms with Gasteiger partial charge < -0.3 is 39.5 Å². The van der Waals surface area contributed by atoms with Crippen LogP contribution in [0.2, 0.25) is 0 Å². The summed E-state index contributed by atoms with van der Waals surface area (Å²) < 4.78 is 47.8. The molecule has 0 amide bonds. The van der Waals surface area contributed by atoms with Gasteiger partial charge in [-0.3, -0.25) is 23.2 Å². The van der Waals surface area contributed by atoms with Crippen LogP contribution in [0.25, 0.3) is 0 Å². The Kier molecular flexibility index (Phi) is 43.6. The molecule has 0 rings (SSSR count). The number of hydrogen-bond acceptors (Lipinski definition) is 12. The smallest absolute Gasteiger partial charge is 0.462 e. The Morgan fingerprint density at radius 3 is 1.46 bits per heavy atom. The lowest BCUT2D eigenvalue weighted by Crippen LogP contribution is -2.30. The molecule has 0 aliphatic heterocycles. The van der Waals surface area contributed by atoms with Crippen LogP contribution >= 0.6 is 15.6 Å². The molecule has 0 heterocycles. The highest BCUT2D eigenvalue weighted by molar-refractivity contribution is 7.47. The van der Waals surface area contributed by atoms with E-state index in [0.717, 1.165) is 50.9 Å². The van der Waals surface area contributed by atoms with Crippen LogP contribution in [0.5, 0.6) is 0 Å². The summed E-state index contributed by atoms with van der Waals surface area (Å²) in [6.07, 6.45) is 40.2. The number of esters is 2. The van der Waals surface area contributed by atoms with Gasteiger partial charge in [0.15, 0.2) is 6.10 Å². The molecule has 0 aromatic carbocycles. The fraction of sp³-hybridized carbons (Fsp3) is 0.804. The van der Waals surface area contributed by atoms with Crippen molar-refractivity contribution in [3.05, 3.63) is 48.6 Å². The maximum atomic E-state index is 12.7. The van der Waals surface area contributed by atoms with Crippen molar-refractivity contribution in [1.82, 2.24) is 0 Å². The van der Waals surface area contributed by atoms with E-state index in [1.807, 2.05) is 24.3 Å². The maximum absolute atomic E-state index is 12.7. The number of rotatable bonds is 48. The number of carbonyl (C=O) groups is 2. The Hall–Kier alpha value is -2.00. The fourth-order valence-electron chi connectivity index (χ4n) is 7.07. The summed E-state index contributed by atoms with van der Waals surface area (Å²) in [4.78, 5) is 52.9. The average Bonchev–Trinajstić information content (AvgIpc) is 3.29. The zero-order valence-electron chi connectivity index (χ0n) is 42.1. The van der Waals surface area contributed by atoms with E-state index in [1.165, 1.54) is 103 Å². The molecule has 0 bridgehead atoms. The van der Waals surface area contributed by atoms with Gasteiger partial charge in [-0.2, -0.15) is 0 Å². The first-order chi connectivity index (χ1) is 32.6. The van der Waals surface area contributed by atoms with Crippen molar-refractivity contribution in [1.29, 1.82) is 0 Å². The molecule has 68 heavy (non-hydrogen) atoms. The molecule has 0 aliphatic carbocycles. The summed E-state index contributed by atoms with van der Waals surface area (Å²) in [7, 11) is -9.77. The molecular weight excluding hydrogens is 914 g/mol. The summed E-state index contributed by atoms with van der Waals surface area (Å²) in [6, 6.07) is 0. The molecule has 6 atom stereocenters. The summed E-state index contributed by atoms with van der Waals surface area (Å²) in [6.45, 7) is 3.81. The van der Waals surface area contributed by atoms with E-state index < -0.39 is 78.4 Å². The van der Waals surface area contributed by atoms with Gasteiger partial charge in [0, 0.05) is 12.8 Å². The summed E-state index contributed by atoms with van der Waals surface area (Å²) in [5.41, 5.74) is 0. The molecule has 0 fully saturated rings. The third-order valence-corrected chi connectivity index (χ3v) is 12.9. The lowest BCUT2D eigenvalue weighted by molar-refractivity contribution is -0.161. The number of ether oxygens (including phenoxy) is 2. The molecule has 17 heteroatoms. The second-order valence-corrected chi connectivity index (χ2v) is 20.8. The molecule has 398 valence electrons. The van der Waals surface area contributed by atoms with Crippen LogP contribution in [0, 0.1) is 5.92 Å². The third kappa shape index (κ3) is 47.7. The van der Waals surface area contributed by atoms with Crippen LogP contribution in [-0.2, 0) is 41.8 Å². The van der Waals surface area contributed by atoms with Crippen molar-refractivity contribution >= 4 is 27.6 Å². The Balaban J connectivity index is 4.56. The Labute approximate surface area is 410 Å². The van der Waals surface area contributed by atoms with E-state index in [2.05, 4.69) is 29.8 Å². The van der Waals surface area contributed by atoms with Crippen molar-refractivity contribution in [2.45, 2.75) is 231 Å². The van der Waals surface area contributed by atoms with Gasteiger partial charge in [-0.05, 0) is 38.0 Å². The number of phosphoric ester groups is 2. The molecular formula is C51H94O15P2. The van der Waals surface area contributed by atoms with E-state index in [0.29, 0.717) is 12.8 Å². The predicted molar refractivity (Wildman–Crippen MR) is 270 cm³/mol. The van der Waals surface area contributed by atoms with Crippen LogP contribution in [0.4, 0.5) is 0 Å². The maximum Gasteiger partial charge on any atom is 0.472 e. The van der Waals surface area contributed by atoms with Gasteiger partial charge in [0.05, 0.1) is 32.0 Å². The number of phosphoric acid groups is 2. The van der Waals surface area contributed by atoms with Crippen LogP contribution in [-0.4, -0.2) is 92.8 Å². The molecule has 0 saturated carbocycles. The number of allylic oxidation sites excluding steroid dienone is 6. The number of unbranched alkanes of at least 4 members (excludes halogenated alkanes) is 19.